The molecule has 20 heavy (non-hydrogen) atoms. The standard InChI is InChI=1S/C16H20N2O2/c1-20-13-5-6-16-14(8-13)15(9-17-16)11-3-2-4-12(7-11)18-10-19/h5-6,8-12,17H,2-4,7H2,1H3,(H,18,19)/t11-,12+/m0/s1. The SMILES string of the molecule is COc1ccc2[nH]cc([C@H]3CCC[C@@H](NC=O)C3)c2c1. The molecule has 2 N–H and O–H groups in total. The number of carbonyl (C=O) groups excluding carboxylic acids is 1. The monoisotopic (exact) mass is 272 g/mol. The second-order valence-corrected chi connectivity index (χ2v) is 5.50. The first-order chi connectivity index (χ1) is 9.81. The molecular formula is C16H20N2O2. The van der Waals surface area contributed by atoms with Crippen LogP contribution in [-0.2, 0) is 4.79 Å². The third-order valence-electron chi connectivity index (χ3n) is 4.34. The summed E-state index contributed by atoms with van der Waals surface area (Å²) in [6.07, 6.45) is 7.38. The van der Waals surface area contributed by atoms with E-state index in [9.17, 15) is 4.79 Å². The fourth-order valence-electron chi connectivity index (χ4n) is 3.31. The van der Waals surface area contributed by atoms with E-state index in [4.69, 9.17) is 4.74 Å². The highest BCUT2D eigenvalue weighted by Gasteiger charge is 2.24. The molecule has 3 rings (SSSR count). The molecule has 0 radical (unpaired) electrons. The van der Waals surface area contributed by atoms with Gasteiger partial charge in [0.25, 0.3) is 0 Å². The zero-order valence-electron chi connectivity index (χ0n) is 11.7. The number of methoxy groups -OCH3 is 1. The van der Waals surface area contributed by atoms with Gasteiger partial charge in [-0.2, -0.15) is 0 Å². The minimum absolute atomic E-state index is 0.307. The number of rotatable bonds is 4. The largest absolute Gasteiger partial charge is 0.497 e. The van der Waals surface area contributed by atoms with Gasteiger partial charge in [0.2, 0.25) is 6.41 Å². The van der Waals surface area contributed by atoms with Crippen molar-refractivity contribution in [1.29, 1.82) is 0 Å². The summed E-state index contributed by atoms with van der Waals surface area (Å²) in [4.78, 5) is 14.0. The van der Waals surface area contributed by atoms with Crippen molar-refractivity contribution < 1.29 is 9.53 Å². The van der Waals surface area contributed by atoms with E-state index in [1.54, 1.807) is 7.11 Å². The Hall–Kier alpha value is -1.97. The predicted octanol–water partition coefficient (Wildman–Crippen LogP) is 2.95. The average molecular weight is 272 g/mol. The number of ether oxygens (including phenoxy) is 1. The quantitative estimate of drug-likeness (QED) is 0.841. The molecule has 0 bridgehead atoms. The molecule has 2 atom stereocenters. The van der Waals surface area contributed by atoms with Crippen molar-refractivity contribution >= 4 is 17.3 Å². The molecule has 1 aliphatic rings. The lowest BCUT2D eigenvalue weighted by atomic mass is 9.81. The summed E-state index contributed by atoms with van der Waals surface area (Å²) in [5, 5.41) is 4.17. The van der Waals surface area contributed by atoms with Gasteiger partial charge < -0.3 is 15.0 Å². The highest BCUT2D eigenvalue weighted by molar-refractivity contribution is 5.85. The Bertz CT molecular complexity index is 606. The van der Waals surface area contributed by atoms with Gasteiger partial charge in [0.05, 0.1) is 7.11 Å². The number of amides is 1. The fraction of sp³-hybridized carbons (Fsp3) is 0.438. The van der Waals surface area contributed by atoms with Gasteiger partial charge in [-0.05, 0) is 48.9 Å². The molecule has 1 heterocycles. The smallest absolute Gasteiger partial charge is 0.207 e. The summed E-state index contributed by atoms with van der Waals surface area (Å²) in [7, 11) is 1.69. The lowest BCUT2D eigenvalue weighted by molar-refractivity contribution is -0.110. The van der Waals surface area contributed by atoms with Crippen molar-refractivity contribution in [2.75, 3.05) is 7.11 Å². The van der Waals surface area contributed by atoms with Gasteiger partial charge in [-0.3, -0.25) is 4.79 Å². The van der Waals surface area contributed by atoms with Crippen LogP contribution in [0.1, 0.15) is 37.2 Å². The van der Waals surface area contributed by atoms with Crippen molar-refractivity contribution in [2.24, 2.45) is 0 Å². The summed E-state index contributed by atoms with van der Waals surface area (Å²) in [6.45, 7) is 0. The summed E-state index contributed by atoms with van der Waals surface area (Å²) < 4.78 is 5.32. The molecule has 1 aromatic carbocycles. The number of nitrogens with one attached hydrogen (secondary N) is 2. The van der Waals surface area contributed by atoms with Crippen LogP contribution in [0.5, 0.6) is 5.75 Å². The molecule has 0 saturated heterocycles. The minimum atomic E-state index is 0.307. The van der Waals surface area contributed by atoms with Crippen LogP contribution >= 0.6 is 0 Å². The van der Waals surface area contributed by atoms with Crippen LogP contribution in [0.15, 0.2) is 24.4 Å². The van der Waals surface area contributed by atoms with E-state index in [-0.39, 0.29) is 0 Å². The highest BCUT2D eigenvalue weighted by atomic mass is 16.5. The summed E-state index contributed by atoms with van der Waals surface area (Å²) >= 11 is 0. The zero-order chi connectivity index (χ0) is 13.9. The predicted molar refractivity (Wildman–Crippen MR) is 79.0 cm³/mol. The van der Waals surface area contributed by atoms with Crippen molar-refractivity contribution in [3.05, 3.63) is 30.0 Å². The topological polar surface area (TPSA) is 54.1 Å². The van der Waals surface area contributed by atoms with E-state index in [0.717, 1.165) is 36.9 Å². The number of aromatic amines is 1. The Morgan fingerprint density at radius 3 is 3.10 bits per heavy atom. The molecule has 1 aliphatic carbocycles. The molecule has 0 aliphatic heterocycles. The average Bonchev–Trinajstić information content (AvgIpc) is 2.90. The number of aromatic nitrogens is 1. The molecule has 0 spiro atoms. The van der Waals surface area contributed by atoms with Crippen molar-refractivity contribution in [2.45, 2.75) is 37.6 Å². The molecule has 1 amide bonds. The maximum Gasteiger partial charge on any atom is 0.207 e. The molecule has 0 unspecified atom stereocenters. The first-order valence-electron chi connectivity index (χ1n) is 7.16. The highest BCUT2D eigenvalue weighted by Crippen LogP contribution is 2.37. The van der Waals surface area contributed by atoms with Gasteiger partial charge in [0, 0.05) is 23.1 Å². The number of benzene rings is 1. The number of fused-ring (bicyclic) bond motifs is 1. The number of hydrogen-bond acceptors (Lipinski definition) is 2. The van der Waals surface area contributed by atoms with Crippen molar-refractivity contribution in [1.82, 2.24) is 10.3 Å². The van der Waals surface area contributed by atoms with E-state index in [1.807, 2.05) is 6.07 Å². The minimum Gasteiger partial charge on any atom is -0.497 e. The normalized spacial score (nSPS) is 22.6. The molecule has 106 valence electrons. The Morgan fingerprint density at radius 2 is 2.30 bits per heavy atom. The lowest BCUT2D eigenvalue weighted by Crippen LogP contribution is -2.32. The molecule has 4 nitrogen and oxygen atoms in total. The maximum atomic E-state index is 10.6. The summed E-state index contributed by atoms with van der Waals surface area (Å²) in [5.41, 5.74) is 2.49. The number of carbonyl (C=O) groups is 1. The second kappa shape index (κ2) is 5.57. The van der Waals surface area contributed by atoms with Crippen LogP contribution in [0.4, 0.5) is 0 Å². The second-order valence-electron chi connectivity index (χ2n) is 5.50. The molecule has 1 fully saturated rings. The molecule has 1 aromatic heterocycles. The molecule has 4 heteroatoms. The Morgan fingerprint density at radius 1 is 1.40 bits per heavy atom. The van der Waals surface area contributed by atoms with Crippen molar-refractivity contribution in [3.8, 4) is 5.75 Å². The first-order valence-corrected chi connectivity index (χ1v) is 7.16. The first kappa shape index (κ1) is 13.0. The molecule has 1 saturated carbocycles. The van der Waals surface area contributed by atoms with Gasteiger partial charge >= 0.3 is 0 Å². The number of H-pyrrole nitrogens is 1. The van der Waals surface area contributed by atoms with Crippen LogP contribution in [0.2, 0.25) is 0 Å². The van der Waals surface area contributed by atoms with Gasteiger partial charge in [-0.25, -0.2) is 0 Å². The summed E-state index contributed by atoms with van der Waals surface area (Å²) in [6, 6.07) is 6.43. The molecular weight excluding hydrogens is 252 g/mol. The van der Waals surface area contributed by atoms with Crippen LogP contribution in [0.25, 0.3) is 10.9 Å². The Balaban J connectivity index is 1.90. The van der Waals surface area contributed by atoms with E-state index < -0.39 is 0 Å². The van der Waals surface area contributed by atoms with E-state index in [0.29, 0.717) is 12.0 Å². The van der Waals surface area contributed by atoms with E-state index >= 15 is 0 Å². The van der Waals surface area contributed by atoms with Gasteiger partial charge in [-0.1, -0.05) is 6.42 Å². The third-order valence-corrected chi connectivity index (χ3v) is 4.34. The van der Waals surface area contributed by atoms with Gasteiger partial charge in [0.1, 0.15) is 5.75 Å². The van der Waals surface area contributed by atoms with Crippen LogP contribution in [0, 0.1) is 0 Å². The number of hydrogen-bond donors (Lipinski definition) is 2. The van der Waals surface area contributed by atoms with Gasteiger partial charge in [0.15, 0.2) is 0 Å². The third kappa shape index (κ3) is 2.38. The van der Waals surface area contributed by atoms with Crippen LogP contribution in [0.3, 0.4) is 0 Å². The van der Waals surface area contributed by atoms with Gasteiger partial charge in [-0.15, -0.1) is 0 Å². The van der Waals surface area contributed by atoms with Crippen LogP contribution < -0.4 is 10.1 Å². The van der Waals surface area contributed by atoms with E-state index in [2.05, 4.69) is 28.6 Å². The Kier molecular flexibility index (Phi) is 3.63. The fourth-order valence-corrected chi connectivity index (χ4v) is 3.31. The van der Waals surface area contributed by atoms with Crippen molar-refractivity contribution in [3.63, 3.8) is 0 Å². The zero-order valence-corrected chi connectivity index (χ0v) is 11.7. The maximum absolute atomic E-state index is 10.6. The van der Waals surface area contributed by atoms with E-state index in [1.165, 1.54) is 17.4 Å². The molecule has 2 aromatic rings. The lowest BCUT2D eigenvalue weighted by Gasteiger charge is -2.28. The summed E-state index contributed by atoms with van der Waals surface area (Å²) in [5.74, 6) is 1.39. The Labute approximate surface area is 118 Å². The van der Waals surface area contributed by atoms with Crippen LogP contribution in [-0.4, -0.2) is 24.5 Å².